The summed E-state index contributed by atoms with van der Waals surface area (Å²) in [6.07, 6.45) is 7.05. The van der Waals surface area contributed by atoms with E-state index in [0.29, 0.717) is 5.95 Å². The molecule has 12 rings (SSSR count). The Hall–Kier alpha value is -9.13. The summed E-state index contributed by atoms with van der Waals surface area (Å²) in [6.45, 7) is 0. The van der Waals surface area contributed by atoms with Crippen LogP contribution in [0.25, 0.3) is 50.3 Å². The third-order valence-electron chi connectivity index (χ3n) is 13.6. The number of nitrogens with zero attached hydrogens (tertiary/aromatic N) is 6. The van der Waals surface area contributed by atoms with Crippen molar-refractivity contribution in [1.82, 2.24) is 29.7 Å². The van der Waals surface area contributed by atoms with Gasteiger partial charge in [0.25, 0.3) is 5.95 Å². The van der Waals surface area contributed by atoms with Gasteiger partial charge in [0.2, 0.25) is 0 Å². The molecule has 0 aliphatic rings. The van der Waals surface area contributed by atoms with E-state index in [1.54, 1.807) is 12.4 Å². The SMILES string of the molecule is c1ccc(C(c2ccccc2)(c2cccc(-c3ccccn3)c2)c2ccc3c4ccc(C(c5ccccc5)(c5ccccc5)c5cccc(-c6ccccn6)c5)cc4n(-c4nccnn4)c3c2)cc1. The van der Waals surface area contributed by atoms with Gasteiger partial charge in [0, 0.05) is 34.3 Å². The summed E-state index contributed by atoms with van der Waals surface area (Å²) in [4.78, 5) is 14.5. The van der Waals surface area contributed by atoms with Gasteiger partial charge in [-0.15, -0.1) is 5.10 Å². The van der Waals surface area contributed by atoms with Crippen LogP contribution in [0.15, 0.2) is 267 Å². The van der Waals surface area contributed by atoms with Crippen molar-refractivity contribution in [3.05, 3.63) is 312 Å². The van der Waals surface area contributed by atoms with Crippen LogP contribution in [-0.4, -0.2) is 29.7 Å². The summed E-state index contributed by atoms with van der Waals surface area (Å²) in [6, 6.07) is 87.0. The predicted molar refractivity (Wildman–Crippen MR) is 277 cm³/mol. The van der Waals surface area contributed by atoms with Crippen LogP contribution in [0.4, 0.5) is 0 Å². The van der Waals surface area contributed by atoms with Crippen molar-refractivity contribution >= 4 is 21.8 Å². The molecule has 0 spiro atoms. The monoisotopic (exact) mass is 884 g/mol. The maximum atomic E-state index is 4.92. The summed E-state index contributed by atoms with van der Waals surface area (Å²) in [5, 5.41) is 11.3. The highest BCUT2D eigenvalue weighted by atomic mass is 15.3. The van der Waals surface area contributed by atoms with Crippen molar-refractivity contribution in [2.75, 3.05) is 0 Å². The molecular weight excluding hydrogens is 841 g/mol. The molecule has 0 radical (unpaired) electrons. The van der Waals surface area contributed by atoms with Crippen molar-refractivity contribution in [3.8, 4) is 28.5 Å². The maximum absolute atomic E-state index is 4.92. The zero-order chi connectivity index (χ0) is 46.0. The molecule has 0 saturated carbocycles. The zero-order valence-electron chi connectivity index (χ0n) is 37.6. The molecular formula is C63H44N6. The van der Waals surface area contributed by atoms with Gasteiger partial charge in [-0.3, -0.25) is 14.5 Å². The van der Waals surface area contributed by atoms with Gasteiger partial charge < -0.3 is 0 Å². The molecule has 0 N–H and O–H groups in total. The van der Waals surface area contributed by atoms with Crippen LogP contribution in [0.3, 0.4) is 0 Å². The van der Waals surface area contributed by atoms with Gasteiger partial charge in [-0.1, -0.05) is 194 Å². The van der Waals surface area contributed by atoms with Gasteiger partial charge >= 0.3 is 0 Å². The number of hydrogen-bond acceptors (Lipinski definition) is 5. The van der Waals surface area contributed by atoms with Crippen LogP contribution in [0, 0.1) is 0 Å². The summed E-state index contributed by atoms with van der Waals surface area (Å²) in [5.74, 6) is 0.483. The third kappa shape index (κ3) is 7.00. The number of hydrogen-bond donors (Lipinski definition) is 0. The summed E-state index contributed by atoms with van der Waals surface area (Å²) >= 11 is 0. The van der Waals surface area contributed by atoms with E-state index in [0.717, 1.165) is 88.8 Å². The minimum absolute atomic E-state index is 0.483. The smallest absolute Gasteiger partial charge is 0.254 e. The number of rotatable bonds is 11. The van der Waals surface area contributed by atoms with E-state index in [1.807, 2.05) is 36.7 Å². The summed E-state index contributed by atoms with van der Waals surface area (Å²) < 4.78 is 2.20. The molecule has 0 aliphatic carbocycles. The normalized spacial score (nSPS) is 11.8. The minimum Gasteiger partial charge on any atom is -0.277 e. The molecule has 0 unspecified atom stereocenters. The lowest BCUT2D eigenvalue weighted by Crippen LogP contribution is -2.31. The zero-order valence-corrected chi connectivity index (χ0v) is 37.6. The molecule has 4 aromatic heterocycles. The van der Waals surface area contributed by atoms with Crippen LogP contribution in [-0.2, 0) is 10.8 Å². The molecule has 0 saturated heterocycles. The Balaban J connectivity index is 1.17. The van der Waals surface area contributed by atoms with Crippen molar-refractivity contribution < 1.29 is 0 Å². The number of pyridine rings is 2. The lowest BCUT2D eigenvalue weighted by molar-refractivity contribution is 0.745. The molecule has 6 nitrogen and oxygen atoms in total. The number of benzene rings is 8. The molecule has 0 amide bonds. The molecule has 6 heteroatoms. The summed E-state index contributed by atoms with van der Waals surface area (Å²) in [5.41, 5.74) is 13.3. The van der Waals surface area contributed by atoms with E-state index in [2.05, 4.69) is 228 Å². The second-order valence-electron chi connectivity index (χ2n) is 17.3. The second kappa shape index (κ2) is 17.6. The average Bonchev–Trinajstić information content (AvgIpc) is 3.76. The molecule has 0 aliphatic heterocycles. The Kier molecular flexibility index (Phi) is 10.5. The first-order valence-electron chi connectivity index (χ1n) is 23.2. The van der Waals surface area contributed by atoms with Gasteiger partial charge in [0.1, 0.15) is 0 Å². The fourth-order valence-corrected chi connectivity index (χ4v) is 10.7. The van der Waals surface area contributed by atoms with Crippen molar-refractivity contribution in [3.63, 3.8) is 0 Å². The quantitative estimate of drug-likeness (QED) is 0.121. The lowest BCUT2D eigenvalue weighted by atomic mass is 9.64. The van der Waals surface area contributed by atoms with Crippen LogP contribution in [0.5, 0.6) is 0 Å². The molecule has 0 fully saturated rings. The van der Waals surface area contributed by atoms with Crippen molar-refractivity contribution in [2.24, 2.45) is 0 Å². The van der Waals surface area contributed by atoms with E-state index in [9.17, 15) is 0 Å². The fourth-order valence-electron chi connectivity index (χ4n) is 10.7. The minimum atomic E-state index is -0.752. The fraction of sp³-hybridized carbons (Fsp3) is 0.0317. The van der Waals surface area contributed by atoms with E-state index in [-0.39, 0.29) is 0 Å². The highest BCUT2D eigenvalue weighted by molar-refractivity contribution is 6.09. The molecule has 326 valence electrons. The van der Waals surface area contributed by atoms with Gasteiger partial charge in [-0.25, -0.2) is 4.98 Å². The molecule has 12 aromatic rings. The highest BCUT2D eigenvalue weighted by Crippen LogP contribution is 2.50. The number of fused-ring (bicyclic) bond motifs is 3. The molecule has 0 bridgehead atoms. The topological polar surface area (TPSA) is 69.4 Å². The highest BCUT2D eigenvalue weighted by Gasteiger charge is 2.41. The number of aromatic nitrogens is 6. The van der Waals surface area contributed by atoms with Crippen molar-refractivity contribution in [2.45, 2.75) is 10.8 Å². The Morgan fingerprint density at radius 1 is 0.290 bits per heavy atom. The van der Waals surface area contributed by atoms with Gasteiger partial charge in [-0.2, -0.15) is 5.10 Å². The lowest BCUT2D eigenvalue weighted by Gasteiger charge is -2.37. The van der Waals surface area contributed by atoms with Crippen molar-refractivity contribution in [1.29, 1.82) is 0 Å². The Morgan fingerprint density at radius 3 is 1.06 bits per heavy atom. The maximum Gasteiger partial charge on any atom is 0.254 e. The molecule has 0 atom stereocenters. The predicted octanol–water partition coefficient (Wildman–Crippen LogP) is 13.9. The van der Waals surface area contributed by atoms with Crippen LogP contribution < -0.4 is 0 Å². The van der Waals surface area contributed by atoms with Gasteiger partial charge in [0.15, 0.2) is 0 Å². The standard InChI is InChI=1S/C63H44N6/c1-5-21-47(22-6-1)62(48-23-7-2-8-24-48,51-29-17-19-45(41-51)57-31-13-15-37-64-57)53-33-35-55-56-36-34-54(44-60(56)69(59(55)43-53)61-66-39-40-67-68-61)63(49-25-9-3-10-26-49,50-27-11-4-12-28-50)52-30-18-20-46(42-52)58-32-14-16-38-65-58/h1-44H. The molecule has 4 heterocycles. The first-order chi connectivity index (χ1) is 34.2. The first-order valence-corrected chi connectivity index (χ1v) is 23.2. The van der Waals surface area contributed by atoms with Gasteiger partial charge in [-0.05, 0) is 93.0 Å². The molecule has 69 heavy (non-hydrogen) atoms. The van der Waals surface area contributed by atoms with Crippen LogP contribution in [0.2, 0.25) is 0 Å². The second-order valence-corrected chi connectivity index (χ2v) is 17.3. The van der Waals surface area contributed by atoms with E-state index < -0.39 is 10.8 Å². The van der Waals surface area contributed by atoms with E-state index in [1.165, 1.54) is 0 Å². The average molecular weight is 885 g/mol. The first kappa shape index (κ1) is 41.3. The Morgan fingerprint density at radius 2 is 0.681 bits per heavy atom. The van der Waals surface area contributed by atoms with E-state index >= 15 is 0 Å². The van der Waals surface area contributed by atoms with E-state index in [4.69, 9.17) is 20.1 Å². The largest absolute Gasteiger partial charge is 0.277 e. The van der Waals surface area contributed by atoms with Crippen LogP contribution >= 0.6 is 0 Å². The van der Waals surface area contributed by atoms with Crippen LogP contribution in [0.1, 0.15) is 44.5 Å². The third-order valence-corrected chi connectivity index (χ3v) is 13.6. The Bertz CT molecular complexity index is 3390. The van der Waals surface area contributed by atoms with Gasteiger partial charge in [0.05, 0.1) is 45.6 Å². The molecule has 8 aromatic carbocycles. The Labute approximate surface area is 401 Å². The summed E-state index contributed by atoms with van der Waals surface area (Å²) in [7, 11) is 0.